The zero-order chi connectivity index (χ0) is 22.3. The second-order valence-corrected chi connectivity index (χ2v) is 8.95. The summed E-state index contributed by atoms with van der Waals surface area (Å²) in [4.78, 5) is 23.3. The molecule has 2 N–H and O–H groups in total. The van der Waals surface area contributed by atoms with Gasteiger partial charge in [0.2, 0.25) is 0 Å². The molecule has 4 rings (SSSR count). The van der Waals surface area contributed by atoms with Gasteiger partial charge in [-0.2, -0.15) is 13.2 Å². The normalized spacial score (nSPS) is 20.3. The number of alkyl halides is 3. The third kappa shape index (κ3) is 4.70. The van der Waals surface area contributed by atoms with Gasteiger partial charge in [-0.1, -0.05) is 12.1 Å². The summed E-state index contributed by atoms with van der Waals surface area (Å²) in [6.07, 6.45) is -4.99. The third-order valence-electron chi connectivity index (χ3n) is 5.09. The molecule has 1 saturated heterocycles. The molecule has 1 aliphatic rings. The van der Waals surface area contributed by atoms with E-state index < -0.39 is 24.3 Å². The Hall–Kier alpha value is -2.56. The minimum Gasteiger partial charge on any atom is -0.364 e. The van der Waals surface area contributed by atoms with Crippen LogP contribution in [-0.2, 0) is 11.3 Å². The second kappa shape index (κ2) is 8.18. The maximum absolute atomic E-state index is 13.2. The van der Waals surface area contributed by atoms with E-state index in [-0.39, 0.29) is 12.2 Å². The molecule has 2 aromatic heterocycles. The molecular formula is C21H21F3N4O2S. The summed E-state index contributed by atoms with van der Waals surface area (Å²) in [6, 6.07) is 7.13. The van der Waals surface area contributed by atoms with Crippen molar-refractivity contribution in [3.63, 3.8) is 0 Å². The summed E-state index contributed by atoms with van der Waals surface area (Å²) in [5, 5.41) is 1.54. The van der Waals surface area contributed by atoms with Crippen LogP contribution in [0.4, 0.5) is 13.2 Å². The first-order valence-electron chi connectivity index (χ1n) is 9.71. The van der Waals surface area contributed by atoms with Crippen LogP contribution in [0.5, 0.6) is 0 Å². The Morgan fingerprint density at radius 1 is 1.32 bits per heavy atom. The number of aryl methyl sites for hydroxylation is 1. The molecule has 0 saturated carbocycles. The van der Waals surface area contributed by atoms with E-state index >= 15 is 0 Å². The summed E-state index contributed by atoms with van der Waals surface area (Å²) in [6.45, 7) is 4.04. The van der Waals surface area contributed by atoms with Crippen LogP contribution in [0.15, 0.2) is 30.5 Å². The van der Waals surface area contributed by atoms with E-state index in [4.69, 9.17) is 10.5 Å². The Morgan fingerprint density at radius 2 is 2.10 bits per heavy atom. The van der Waals surface area contributed by atoms with Crippen LogP contribution >= 0.6 is 11.3 Å². The van der Waals surface area contributed by atoms with E-state index in [1.807, 2.05) is 19.1 Å². The van der Waals surface area contributed by atoms with E-state index in [0.29, 0.717) is 18.6 Å². The van der Waals surface area contributed by atoms with Gasteiger partial charge in [0.15, 0.2) is 6.10 Å². The lowest BCUT2D eigenvalue weighted by molar-refractivity contribution is -0.252. The number of carbonyl (C=O) groups excluding carboxylic acids is 1. The molecule has 3 heterocycles. The molecule has 31 heavy (non-hydrogen) atoms. The smallest absolute Gasteiger partial charge is 0.364 e. The van der Waals surface area contributed by atoms with E-state index in [1.165, 1.54) is 11.3 Å². The summed E-state index contributed by atoms with van der Waals surface area (Å²) in [7, 11) is 0. The largest absolute Gasteiger partial charge is 0.415 e. The number of hydrogen-bond donors (Lipinski definition) is 1. The predicted molar refractivity (Wildman–Crippen MR) is 112 cm³/mol. The fraction of sp³-hybridized carbons (Fsp3) is 0.381. The number of halogens is 3. The molecule has 1 aliphatic heterocycles. The van der Waals surface area contributed by atoms with E-state index in [2.05, 4.69) is 9.97 Å². The number of carbonyl (C=O) groups is 1. The van der Waals surface area contributed by atoms with Gasteiger partial charge >= 0.3 is 6.18 Å². The molecule has 3 aromatic rings. The number of morpholine rings is 1. The molecule has 0 radical (unpaired) electrons. The molecule has 6 nitrogen and oxygen atoms in total. The predicted octanol–water partition coefficient (Wildman–Crippen LogP) is 3.92. The summed E-state index contributed by atoms with van der Waals surface area (Å²) in [5.74, 6) is -0.656. The number of aromatic nitrogens is 2. The number of hydrogen-bond acceptors (Lipinski definition) is 6. The van der Waals surface area contributed by atoms with Gasteiger partial charge in [0.05, 0.1) is 11.6 Å². The number of thiazole rings is 1. The lowest BCUT2D eigenvalue weighted by atomic mass is 10.0. The maximum atomic E-state index is 13.2. The number of nitrogens with two attached hydrogens (primary N) is 1. The van der Waals surface area contributed by atoms with Crippen LogP contribution in [0, 0.1) is 6.92 Å². The van der Waals surface area contributed by atoms with Crippen LogP contribution < -0.4 is 5.73 Å². The van der Waals surface area contributed by atoms with Gasteiger partial charge in [-0.15, -0.1) is 11.3 Å². The molecule has 164 valence electrons. The molecule has 2 atom stereocenters. The van der Waals surface area contributed by atoms with Crippen molar-refractivity contribution >= 4 is 28.1 Å². The maximum Gasteiger partial charge on any atom is 0.415 e. The average molecular weight is 450 g/mol. The molecule has 0 spiro atoms. The molecule has 1 fully saturated rings. The lowest BCUT2D eigenvalue weighted by Crippen LogP contribution is -2.51. The van der Waals surface area contributed by atoms with Crippen LogP contribution in [0.2, 0.25) is 0 Å². The van der Waals surface area contributed by atoms with Gasteiger partial charge in [0, 0.05) is 41.7 Å². The highest BCUT2D eigenvalue weighted by molar-refractivity contribution is 7.15. The van der Waals surface area contributed by atoms with Gasteiger partial charge in [-0.25, -0.2) is 9.97 Å². The number of nitrogens with zero attached hydrogens (tertiary/aromatic N) is 3. The molecule has 0 bridgehead atoms. The number of rotatable bonds is 4. The quantitative estimate of drug-likeness (QED) is 0.652. The van der Waals surface area contributed by atoms with Crippen molar-refractivity contribution in [1.29, 1.82) is 0 Å². The molecule has 1 aromatic carbocycles. The van der Waals surface area contributed by atoms with Crippen LogP contribution in [0.25, 0.3) is 21.5 Å². The zero-order valence-corrected chi connectivity index (χ0v) is 17.8. The van der Waals surface area contributed by atoms with Gasteiger partial charge in [-0.05, 0) is 31.5 Å². The fourth-order valence-electron chi connectivity index (χ4n) is 3.76. The fourth-order valence-corrected chi connectivity index (χ4v) is 4.56. The summed E-state index contributed by atoms with van der Waals surface area (Å²) >= 11 is 1.49. The Labute approximate surface area is 180 Å². The van der Waals surface area contributed by atoms with Crippen molar-refractivity contribution in [2.24, 2.45) is 5.73 Å². The first-order valence-corrected chi connectivity index (χ1v) is 10.5. The number of fused-ring (bicyclic) bond motifs is 1. The van der Waals surface area contributed by atoms with E-state index in [1.54, 1.807) is 30.2 Å². The Balaban J connectivity index is 1.68. The zero-order valence-electron chi connectivity index (χ0n) is 16.9. The van der Waals surface area contributed by atoms with Crippen LogP contribution in [0.1, 0.15) is 27.9 Å². The van der Waals surface area contributed by atoms with Crippen molar-refractivity contribution in [2.75, 3.05) is 13.1 Å². The van der Waals surface area contributed by atoms with Gasteiger partial charge < -0.3 is 10.5 Å². The lowest BCUT2D eigenvalue weighted by Gasteiger charge is -2.37. The van der Waals surface area contributed by atoms with E-state index in [0.717, 1.165) is 26.4 Å². The molecule has 1 amide bonds. The standard InChI is InChI=1S/C21H21F3N4O2S/c1-11-8-28(10-18(30-11)21(22,23)24)9-13-3-4-14-15(20-26-7-12(2)31-20)6-17(19(25)29)27-16(14)5-13/h3-7,11,18H,8-10H2,1-2H3,(H2,25,29). The molecule has 10 heteroatoms. The highest BCUT2D eigenvalue weighted by Gasteiger charge is 2.44. The van der Waals surface area contributed by atoms with Crippen molar-refractivity contribution in [2.45, 2.75) is 38.8 Å². The Bertz CT molecular complexity index is 1130. The van der Waals surface area contributed by atoms with E-state index in [9.17, 15) is 18.0 Å². The number of benzene rings is 1. The van der Waals surface area contributed by atoms with Crippen molar-refractivity contribution in [1.82, 2.24) is 14.9 Å². The highest BCUT2D eigenvalue weighted by atomic mass is 32.1. The monoisotopic (exact) mass is 450 g/mol. The number of amides is 1. The first-order chi connectivity index (χ1) is 14.6. The van der Waals surface area contributed by atoms with Gasteiger partial charge in [0.25, 0.3) is 5.91 Å². The third-order valence-corrected chi connectivity index (χ3v) is 6.03. The minimum atomic E-state index is -4.41. The SMILES string of the molecule is Cc1cnc(-c2cc(C(N)=O)nc3cc(CN4CC(C)OC(C(F)(F)F)C4)ccc23)s1. The number of ether oxygens (including phenoxy) is 1. The second-order valence-electron chi connectivity index (χ2n) is 7.72. The molecular weight excluding hydrogens is 429 g/mol. The number of pyridine rings is 1. The van der Waals surface area contributed by atoms with Crippen LogP contribution in [0.3, 0.4) is 0 Å². The van der Waals surface area contributed by atoms with Gasteiger partial charge in [-0.3, -0.25) is 9.69 Å². The van der Waals surface area contributed by atoms with Gasteiger partial charge in [0.1, 0.15) is 10.7 Å². The summed E-state index contributed by atoms with van der Waals surface area (Å²) < 4.78 is 44.5. The number of primary amides is 1. The van der Waals surface area contributed by atoms with Crippen molar-refractivity contribution in [3.05, 3.63) is 46.6 Å². The minimum absolute atomic E-state index is 0.115. The molecule has 0 aliphatic carbocycles. The average Bonchev–Trinajstić information content (AvgIpc) is 3.12. The molecule has 2 unspecified atom stereocenters. The van der Waals surface area contributed by atoms with Crippen molar-refractivity contribution < 1.29 is 22.7 Å². The Kier molecular flexibility index (Phi) is 5.71. The first kappa shape index (κ1) is 21.7. The summed E-state index contributed by atoms with van der Waals surface area (Å²) in [5.41, 5.74) is 7.67. The highest BCUT2D eigenvalue weighted by Crippen LogP contribution is 2.33. The van der Waals surface area contributed by atoms with Crippen LogP contribution in [-0.4, -0.2) is 52.2 Å². The Morgan fingerprint density at radius 3 is 2.74 bits per heavy atom. The topological polar surface area (TPSA) is 81.3 Å². The van der Waals surface area contributed by atoms with Crippen molar-refractivity contribution in [3.8, 4) is 10.6 Å².